The fourth-order valence-electron chi connectivity index (χ4n) is 4.89. The summed E-state index contributed by atoms with van der Waals surface area (Å²) in [6.45, 7) is 9.56. The Labute approximate surface area is 221 Å². The van der Waals surface area contributed by atoms with Gasteiger partial charge >= 0.3 is 0 Å². The number of carbonyl (C=O) groups is 1. The van der Waals surface area contributed by atoms with E-state index in [4.69, 9.17) is 20.9 Å². The lowest BCUT2D eigenvalue weighted by molar-refractivity contribution is -0.130. The lowest BCUT2D eigenvalue weighted by Crippen LogP contribution is -2.35. The maximum Gasteiger partial charge on any atom is 0.227 e. The first kappa shape index (κ1) is 25.6. The summed E-state index contributed by atoms with van der Waals surface area (Å²) in [5.74, 6) is 0.617. The largest absolute Gasteiger partial charge is 0.384 e. The maximum atomic E-state index is 13.2. The van der Waals surface area contributed by atoms with Crippen molar-refractivity contribution >= 4 is 22.8 Å². The molecule has 1 aliphatic heterocycles. The van der Waals surface area contributed by atoms with E-state index in [0.29, 0.717) is 35.7 Å². The number of ether oxygens (including phenoxy) is 1. The van der Waals surface area contributed by atoms with Crippen molar-refractivity contribution in [2.45, 2.75) is 26.8 Å². The molecule has 10 heteroatoms. The number of carbonyl (C=O) groups excluding carboxylic acids is 1. The van der Waals surface area contributed by atoms with Crippen molar-refractivity contribution in [1.29, 1.82) is 5.41 Å². The zero-order valence-corrected chi connectivity index (χ0v) is 21.9. The van der Waals surface area contributed by atoms with Crippen LogP contribution >= 0.6 is 0 Å². The second-order valence-corrected chi connectivity index (χ2v) is 9.49. The van der Waals surface area contributed by atoms with E-state index in [1.165, 1.54) is 5.56 Å². The number of nitrogens with zero attached hydrogens (tertiary/aromatic N) is 4. The highest BCUT2D eigenvalue weighted by Crippen LogP contribution is 2.31. The number of aromatic amines is 2. The SMILES string of the molecule is CCN(CC)C(=O)Cc1c(-c2ccc(CN3CCOCC3)cc2)n[nH]c1-c1nc2cc(C(=N)N)ccc2[nH]1. The fraction of sp³-hybridized carbons (Fsp3) is 0.357. The van der Waals surface area contributed by atoms with Crippen LogP contribution in [-0.2, 0) is 22.5 Å². The molecule has 0 radical (unpaired) electrons. The minimum absolute atomic E-state index is 0.0112. The number of fused-ring (bicyclic) bond motifs is 1. The van der Waals surface area contributed by atoms with Gasteiger partial charge in [0, 0.05) is 49.4 Å². The molecule has 1 saturated heterocycles. The van der Waals surface area contributed by atoms with E-state index in [9.17, 15) is 4.79 Å². The fourth-order valence-corrected chi connectivity index (χ4v) is 4.89. The Morgan fingerprint density at radius 2 is 1.87 bits per heavy atom. The molecule has 5 rings (SSSR count). The van der Waals surface area contributed by atoms with Gasteiger partial charge in [-0.25, -0.2) is 4.98 Å². The van der Waals surface area contributed by atoms with Crippen LogP contribution in [-0.4, -0.2) is 81.1 Å². The van der Waals surface area contributed by atoms with E-state index in [1.54, 1.807) is 12.1 Å². The molecule has 38 heavy (non-hydrogen) atoms. The number of H-pyrrole nitrogens is 2. The summed E-state index contributed by atoms with van der Waals surface area (Å²) in [5, 5.41) is 15.5. The molecule has 0 saturated carbocycles. The minimum Gasteiger partial charge on any atom is -0.384 e. The molecule has 2 aromatic carbocycles. The number of hydrogen-bond acceptors (Lipinski definition) is 6. The molecule has 10 nitrogen and oxygen atoms in total. The Morgan fingerprint density at radius 1 is 1.13 bits per heavy atom. The number of morpholine rings is 1. The van der Waals surface area contributed by atoms with Crippen molar-refractivity contribution in [2.24, 2.45) is 5.73 Å². The zero-order chi connectivity index (χ0) is 26.6. The summed E-state index contributed by atoms with van der Waals surface area (Å²) < 4.78 is 5.46. The Bertz CT molecular complexity index is 1430. The van der Waals surface area contributed by atoms with Crippen molar-refractivity contribution in [2.75, 3.05) is 39.4 Å². The summed E-state index contributed by atoms with van der Waals surface area (Å²) in [5.41, 5.74) is 12.2. The number of hydrogen-bond donors (Lipinski definition) is 4. The molecule has 0 aliphatic carbocycles. The summed E-state index contributed by atoms with van der Waals surface area (Å²) in [4.78, 5) is 25.5. The molecular formula is C28H34N8O2. The van der Waals surface area contributed by atoms with E-state index < -0.39 is 0 Å². The first-order valence-corrected chi connectivity index (χ1v) is 13.1. The number of imidazole rings is 1. The average molecular weight is 515 g/mol. The van der Waals surface area contributed by atoms with Crippen molar-refractivity contribution < 1.29 is 9.53 Å². The number of nitrogens with two attached hydrogens (primary N) is 1. The van der Waals surface area contributed by atoms with Crippen molar-refractivity contribution in [3.63, 3.8) is 0 Å². The van der Waals surface area contributed by atoms with Gasteiger partial charge in [0.05, 0.1) is 36.4 Å². The smallest absolute Gasteiger partial charge is 0.227 e. The average Bonchev–Trinajstić information content (AvgIpc) is 3.54. The van der Waals surface area contributed by atoms with Gasteiger partial charge in [-0.05, 0) is 37.6 Å². The highest BCUT2D eigenvalue weighted by Gasteiger charge is 2.23. The van der Waals surface area contributed by atoms with Crippen LogP contribution in [0.5, 0.6) is 0 Å². The third-order valence-electron chi connectivity index (χ3n) is 7.08. The first-order chi connectivity index (χ1) is 18.5. The van der Waals surface area contributed by atoms with Gasteiger partial charge in [-0.2, -0.15) is 5.10 Å². The molecule has 2 aromatic heterocycles. The van der Waals surface area contributed by atoms with Gasteiger partial charge in [0.15, 0.2) is 5.82 Å². The van der Waals surface area contributed by atoms with Crippen LogP contribution in [0, 0.1) is 5.41 Å². The molecule has 1 amide bonds. The lowest BCUT2D eigenvalue weighted by atomic mass is 10.0. The van der Waals surface area contributed by atoms with E-state index in [-0.39, 0.29) is 18.2 Å². The molecule has 1 fully saturated rings. The summed E-state index contributed by atoms with van der Waals surface area (Å²) in [7, 11) is 0. The molecule has 0 unspecified atom stereocenters. The second kappa shape index (κ2) is 11.2. The Morgan fingerprint density at radius 3 is 2.55 bits per heavy atom. The van der Waals surface area contributed by atoms with Gasteiger partial charge in [-0.3, -0.25) is 20.2 Å². The number of nitrogen functional groups attached to an aromatic ring is 1. The number of nitrogens with one attached hydrogen (secondary N) is 3. The van der Waals surface area contributed by atoms with Crippen LogP contribution in [0.4, 0.5) is 0 Å². The minimum atomic E-state index is -0.0112. The molecular weight excluding hydrogens is 480 g/mol. The van der Waals surface area contributed by atoms with Crippen molar-refractivity contribution in [3.05, 3.63) is 59.2 Å². The Balaban J connectivity index is 1.50. The van der Waals surface area contributed by atoms with E-state index in [0.717, 1.165) is 55.2 Å². The number of amides is 1. The third-order valence-corrected chi connectivity index (χ3v) is 7.08. The maximum absolute atomic E-state index is 13.2. The van der Waals surface area contributed by atoms with Crippen LogP contribution in [0.1, 0.15) is 30.5 Å². The van der Waals surface area contributed by atoms with Crippen LogP contribution in [0.2, 0.25) is 0 Å². The first-order valence-electron chi connectivity index (χ1n) is 13.1. The van der Waals surface area contributed by atoms with Gasteiger partial charge in [-0.1, -0.05) is 24.3 Å². The normalized spacial score (nSPS) is 14.2. The highest BCUT2D eigenvalue weighted by atomic mass is 16.5. The monoisotopic (exact) mass is 514 g/mol. The number of rotatable bonds is 9. The molecule has 4 aromatic rings. The molecule has 3 heterocycles. The zero-order valence-electron chi connectivity index (χ0n) is 21.9. The van der Waals surface area contributed by atoms with Crippen molar-refractivity contribution in [1.82, 2.24) is 30.0 Å². The summed E-state index contributed by atoms with van der Waals surface area (Å²) in [6, 6.07) is 13.8. The Hall–Kier alpha value is -4.02. The second-order valence-electron chi connectivity index (χ2n) is 9.49. The molecule has 0 bridgehead atoms. The molecule has 1 aliphatic rings. The molecule has 198 valence electrons. The van der Waals surface area contributed by atoms with Gasteiger partial charge in [0.1, 0.15) is 11.5 Å². The molecule has 5 N–H and O–H groups in total. The topological polar surface area (TPSA) is 140 Å². The van der Waals surface area contributed by atoms with Crippen LogP contribution in [0.25, 0.3) is 33.8 Å². The molecule has 0 spiro atoms. The van der Waals surface area contributed by atoms with Gasteiger partial charge in [0.2, 0.25) is 5.91 Å². The summed E-state index contributed by atoms with van der Waals surface area (Å²) >= 11 is 0. The predicted octanol–water partition coefficient (Wildman–Crippen LogP) is 3.15. The van der Waals surface area contributed by atoms with Crippen LogP contribution in [0.15, 0.2) is 42.5 Å². The standard InChI is InChI=1S/C28H34N8O2/c1-3-36(4-2)24(37)16-21-25(19-7-5-18(6-8-19)17-35-11-13-38-14-12-35)33-34-26(21)28-31-22-10-9-20(27(29)30)15-23(22)32-28/h5-10,15H,3-4,11-14,16-17H2,1-2H3,(H3,29,30)(H,31,32)(H,33,34). The quantitative estimate of drug-likeness (QED) is 0.200. The van der Waals surface area contributed by atoms with E-state index >= 15 is 0 Å². The van der Waals surface area contributed by atoms with Gasteiger partial charge < -0.3 is 20.4 Å². The lowest BCUT2D eigenvalue weighted by Gasteiger charge is -2.26. The van der Waals surface area contributed by atoms with Gasteiger partial charge in [-0.15, -0.1) is 0 Å². The Kier molecular flexibility index (Phi) is 7.52. The molecule has 0 atom stereocenters. The van der Waals surface area contributed by atoms with E-state index in [2.05, 4.69) is 44.3 Å². The van der Waals surface area contributed by atoms with E-state index in [1.807, 2.05) is 24.8 Å². The number of likely N-dealkylation sites (N-methyl/N-ethyl adjacent to an activating group) is 1. The number of benzene rings is 2. The highest BCUT2D eigenvalue weighted by molar-refractivity contribution is 5.98. The van der Waals surface area contributed by atoms with Crippen LogP contribution in [0.3, 0.4) is 0 Å². The third kappa shape index (κ3) is 5.32. The summed E-state index contributed by atoms with van der Waals surface area (Å²) in [6.07, 6.45) is 0.202. The van der Waals surface area contributed by atoms with Crippen molar-refractivity contribution in [3.8, 4) is 22.8 Å². The van der Waals surface area contributed by atoms with Gasteiger partial charge in [0.25, 0.3) is 0 Å². The number of aromatic nitrogens is 4. The number of amidine groups is 1. The van der Waals surface area contributed by atoms with Crippen LogP contribution < -0.4 is 5.73 Å². The predicted molar refractivity (Wildman–Crippen MR) is 148 cm³/mol.